The molecule has 0 aromatic carbocycles. The Morgan fingerprint density at radius 1 is 1.50 bits per heavy atom. The average Bonchev–Trinajstić information content (AvgIpc) is 2.52. The number of allylic oxidation sites excluding steroid dienone is 1. The van der Waals surface area contributed by atoms with Crippen LogP contribution in [0.4, 0.5) is 0 Å². The number of carbonyl (C=O) groups excluding carboxylic acids is 1. The molecule has 3 nitrogen and oxygen atoms in total. The molecule has 0 saturated carbocycles. The van der Waals surface area contributed by atoms with Crippen molar-refractivity contribution in [2.45, 2.75) is 38.6 Å². The lowest BCUT2D eigenvalue weighted by atomic mass is 10.1. The normalized spacial score (nSPS) is 37.8. The van der Waals surface area contributed by atoms with E-state index in [2.05, 4.69) is 0 Å². The monoisotopic (exact) mass is 196 g/mol. The van der Waals surface area contributed by atoms with Crippen LogP contribution in [-0.4, -0.2) is 24.8 Å². The van der Waals surface area contributed by atoms with Crippen molar-refractivity contribution in [2.75, 3.05) is 6.61 Å². The molecule has 0 amide bonds. The number of rotatable bonds is 2. The molecule has 3 heteroatoms. The molecule has 1 aliphatic heterocycles. The van der Waals surface area contributed by atoms with Gasteiger partial charge in [0.1, 0.15) is 0 Å². The van der Waals surface area contributed by atoms with Crippen molar-refractivity contribution in [3.05, 3.63) is 12.2 Å². The first-order valence-corrected chi connectivity index (χ1v) is 5.26. The highest BCUT2D eigenvalue weighted by Gasteiger charge is 2.29. The molecule has 2 aliphatic rings. The van der Waals surface area contributed by atoms with E-state index in [0.29, 0.717) is 0 Å². The summed E-state index contributed by atoms with van der Waals surface area (Å²) >= 11 is 0. The quantitative estimate of drug-likeness (QED) is 0.674. The van der Waals surface area contributed by atoms with Crippen molar-refractivity contribution >= 4 is 5.78 Å². The largest absolute Gasteiger partial charge is 0.353 e. The van der Waals surface area contributed by atoms with Crippen molar-refractivity contribution in [3.63, 3.8) is 0 Å². The molecule has 1 aliphatic carbocycles. The van der Waals surface area contributed by atoms with Gasteiger partial charge in [0.05, 0.1) is 6.10 Å². The molecule has 1 fully saturated rings. The molecular weight excluding hydrogens is 180 g/mol. The van der Waals surface area contributed by atoms with Crippen LogP contribution >= 0.6 is 0 Å². The van der Waals surface area contributed by atoms with Gasteiger partial charge >= 0.3 is 0 Å². The van der Waals surface area contributed by atoms with Crippen LogP contribution in [0.1, 0.15) is 26.2 Å². The maximum Gasteiger partial charge on any atom is 0.161 e. The van der Waals surface area contributed by atoms with Crippen LogP contribution in [0.15, 0.2) is 12.2 Å². The Balaban J connectivity index is 1.85. The van der Waals surface area contributed by atoms with Gasteiger partial charge in [-0.05, 0) is 25.3 Å². The molecule has 1 heterocycles. The fourth-order valence-corrected chi connectivity index (χ4v) is 1.83. The summed E-state index contributed by atoms with van der Waals surface area (Å²) in [6.45, 7) is 2.68. The Hall–Kier alpha value is -0.670. The highest BCUT2D eigenvalue weighted by Crippen LogP contribution is 2.23. The molecule has 0 radical (unpaired) electrons. The molecule has 0 spiro atoms. The number of ketones is 1. The smallest absolute Gasteiger partial charge is 0.161 e. The summed E-state index contributed by atoms with van der Waals surface area (Å²) in [7, 11) is 0. The van der Waals surface area contributed by atoms with Gasteiger partial charge in [-0.25, -0.2) is 0 Å². The van der Waals surface area contributed by atoms with E-state index in [1.165, 1.54) is 0 Å². The Morgan fingerprint density at radius 3 is 2.93 bits per heavy atom. The molecule has 0 bridgehead atoms. The average molecular weight is 196 g/mol. The third-order valence-corrected chi connectivity index (χ3v) is 2.84. The summed E-state index contributed by atoms with van der Waals surface area (Å²) in [5, 5.41) is 0. The zero-order valence-electron chi connectivity index (χ0n) is 8.44. The van der Waals surface area contributed by atoms with E-state index in [0.717, 1.165) is 25.9 Å². The molecule has 0 N–H and O–H groups in total. The van der Waals surface area contributed by atoms with Crippen molar-refractivity contribution < 1.29 is 14.3 Å². The molecule has 78 valence electrons. The van der Waals surface area contributed by atoms with Crippen LogP contribution in [0.3, 0.4) is 0 Å². The summed E-state index contributed by atoms with van der Waals surface area (Å²) in [4.78, 5) is 11.2. The van der Waals surface area contributed by atoms with Crippen LogP contribution in [0.5, 0.6) is 0 Å². The molecule has 0 aromatic rings. The fraction of sp³-hybridized carbons (Fsp3) is 0.727. The fourth-order valence-electron chi connectivity index (χ4n) is 1.83. The number of hydrogen-bond donors (Lipinski definition) is 0. The van der Waals surface area contributed by atoms with E-state index in [9.17, 15) is 4.79 Å². The molecule has 1 saturated heterocycles. The highest BCUT2D eigenvalue weighted by molar-refractivity contribution is 5.94. The second-order valence-electron chi connectivity index (χ2n) is 3.95. The predicted molar refractivity (Wildman–Crippen MR) is 51.8 cm³/mol. The van der Waals surface area contributed by atoms with Gasteiger partial charge in [0.15, 0.2) is 12.1 Å². The van der Waals surface area contributed by atoms with Gasteiger partial charge in [0.2, 0.25) is 0 Å². The first-order valence-electron chi connectivity index (χ1n) is 5.26. The van der Waals surface area contributed by atoms with Crippen LogP contribution in [-0.2, 0) is 14.3 Å². The van der Waals surface area contributed by atoms with Crippen molar-refractivity contribution in [3.8, 4) is 0 Å². The lowest BCUT2D eigenvalue weighted by molar-refractivity contribution is -0.185. The Kier molecular flexibility index (Phi) is 2.99. The maximum atomic E-state index is 11.2. The minimum Gasteiger partial charge on any atom is -0.353 e. The van der Waals surface area contributed by atoms with Gasteiger partial charge < -0.3 is 9.47 Å². The SMILES string of the molecule is CC1C(=O)C=CC1OC1CCCCO1. The Labute approximate surface area is 84.1 Å². The maximum absolute atomic E-state index is 11.2. The Morgan fingerprint density at radius 2 is 2.36 bits per heavy atom. The van der Waals surface area contributed by atoms with Crippen LogP contribution in [0, 0.1) is 5.92 Å². The summed E-state index contributed by atoms with van der Waals surface area (Å²) in [5.41, 5.74) is 0. The molecule has 0 aromatic heterocycles. The third-order valence-electron chi connectivity index (χ3n) is 2.84. The van der Waals surface area contributed by atoms with Crippen molar-refractivity contribution in [1.82, 2.24) is 0 Å². The molecule has 3 unspecified atom stereocenters. The van der Waals surface area contributed by atoms with Gasteiger partial charge in [0.25, 0.3) is 0 Å². The first kappa shape index (κ1) is 9.87. The summed E-state index contributed by atoms with van der Waals surface area (Å²) in [6, 6.07) is 0. The lowest BCUT2D eigenvalue weighted by Gasteiger charge is -2.26. The van der Waals surface area contributed by atoms with E-state index in [1.54, 1.807) is 6.08 Å². The minimum absolute atomic E-state index is 0.0412. The van der Waals surface area contributed by atoms with E-state index in [4.69, 9.17) is 9.47 Å². The van der Waals surface area contributed by atoms with E-state index in [1.807, 2.05) is 13.0 Å². The molecule has 2 rings (SSSR count). The van der Waals surface area contributed by atoms with Crippen molar-refractivity contribution in [2.24, 2.45) is 5.92 Å². The third kappa shape index (κ3) is 2.04. The topological polar surface area (TPSA) is 35.5 Å². The second-order valence-corrected chi connectivity index (χ2v) is 3.95. The first-order chi connectivity index (χ1) is 6.77. The van der Waals surface area contributed by atoms with Gasteiger partial charge in [-0.3, -0.25) is 4.79 Å². The zero-order chi connectivity index (χ0) is 9.97. The number of hydrogen-bond acceptors (Lipinski definition) is 3. The number of ether oxygens (including phenoxy) is 2. The number of carbonyl (C=O) groups is 1. The lowest BCUT2D eigenvalue weighted by Crippen LogP contribution is -2.30. The van der Waals surface area contributed by atoms with Gasteiger partial charge in [-0.2, -0.15) is 0 Å². The van der Waals surface area contributed by atoms with E-state index < -0.39 is 0 Å². The summed E-state index contributed by atoms with van der Waals surface area (Å²) in [5.74, 6) is 0.117. The van der Waals surface area contributed by atoms with Crippen LogP contribution < -0.4 is 0 Å². The molecular formula is C11H16O3. The molecule has 14 heavy (non-hydrogen) atoms. The standard InChI is InChI=1S/C11H16O3/c1-8-9(12)5-6-10(8)14-11-4-2-3-7-13-11/h5-6,8,10-11H,2-4,7H2,1H3. The summed E-state index contributed by atoms with van der Waals surface area (Å²) in [6.07, 6.45) is 6.49. The minimum atomic E-state index is -0.105. The zero-order valence-corrected chi connectivity index (χ0v) is 8.44. The van der Waals surface area contributed by atoms with E-state index in [-0.39, 0.29) is 24.1 Å². The van der Waals surface area contributed by atoms with Gasteiger partial charge in [0, 0.05) is 12.5 Å². The Bertz CT molecular complexity index is 241. The van der Waals surface area contributed by atoms with E-state index >= 15 is 0 Å². The van der Waals surface area contributed by atoms with Crippen LogP contribution in [0.2, 0.25) is 0 Å². The van der Waals surface area contributed by atoms with Gasteiger partial charge in [-0.15, -0.1) is 0 Å². The predicted octanol–water partition coefficient (Wildman–Crippen LogP) is 1.67. The van der Waals surface area contributed by atoms with Crippen LogP contribution in [0.25, 0.3) is 0 Å². The highest BCUT2D eigenvalue weighted by atomic mass is 16.7. The second kappa shape index (κ2) is 4.24. The van der Waals surface area contributed by atoms with Crippen molar-refractivity contribution in [1.29, 1.82) is 0 Å². The summed E-state index contributed by atoms with van der Waals surface area (Å²) < 4.78 is 11.2. The molecule has 3 atom stereocenters. The van der Waals surface area contributed by atoms with Gasteiger partial charge in [-0.1, -0.05) is 13.0 Å².